The summed E-state index contributed by atoms with van der Waals surface area (Å²) in [6, 6.07) is 0.627. The Morgan fingerprint density at radius 1 is 1.27 bits per heavy atom. The van der Waals surface area contributed by atoms with Crippen LogP contribution in [0.15, 0.2) is 0 Å². The van der Waals surface area contributed by atoms with Crippen molar-refractivity contribution in [2.24, 2.45) is 5.41 Å². The first kappa shape index (κ1) is 14.9. The van der Waals surface area contributed by atoms with E-state index < -0.39 is 0 Å². The smallest absolute Gasteiger partial charge is 0.0496 e. The molecule has 0 saturated heterocycles. The second kappa shape index (κ2) is 8.12. The van der Waals surface area contributed by atoms with Crippen LogP contribution in [0, 0.1) is 5.41 Å². The van der Waals surface area contributed by atoms with Gasteiger partial charge in [-0.3, -0.25) is 0 Å². The van der Waals surface area contributed by atoms with E-state index in [9.17, 15) is 5.11 Å². The molecule has 0 aromatic carbocycles. The zero-order valence-corrected chi connectivity index (χ0v) is 11.0. The molecule has 2 N–H and O–H groups in total. The maximum absolute atomic E-state index is 9.31. The van der Waals surface area contributed by atoms with Crippen molar-refractivity contribution in [3.05, 3.63) is 0 Å². The van der Waals surface area contributed by atoms with Crippen LogP contribution in [-0.4, -0.2) is 24.3 Å². The molecule has 2 heteroatoms. The van der Waals surface area contributed by atoms with Crippen LogP contribution in [0.2, 0.25) is 0 Å². The monoisotopic (exact) mass is 215 g/mol. The standard InChI is InChI=1S/C13H29NO/c1-5-8-9-12(6-2)14-10-13(4,7-3)11-15/h12,14-15H,5-11H2,1-4H3. The molecule has 0 radical (unpaired) electrons. The Morgan fingerprint density at radius 2 is 1.93 bits per heavy atom. The Bertz CT molecular complexity index is 143. The average Bonchev–Trinajstić information content (AvgIpc) is 2.29. The fourth-order valence-electron chi connectivity index (χ4n) is 1.58. The Kier molecular flexibility index (Phi) is 8.07. The molecule has 0 amide bonds. The second-order valence-electron chi connectivity index (χ2n) is 4.95. The normalized spacial score (nSPS) is 17.4. The van der Waals surface area contributed by atoms with Crippen molar-refractivity contribution in [3.63, 3.8) is 0 Å². The topological polar surface area (TPSA) is 32.3 Å². The molecule has 2 atom stereocenters. The van der Waals surface area contributed by atoms with Gasteiger partial charge in [-0.15, -0.1) is 0 Å². The van der Waals surface area contributed by atoms with E-state index in [1.54, 1.807) is 0 Å². The van der Waals surface area contributed by atoms with Crippen molar-refractivity contribution >= 4 is 0 Å². The van der Waals surface area contributed by atoms with E-state index in [1.165, 1.54) is 25.7 Å². The molecule has 0 aromatic rings. The van der Waals surface area contributed by atoms with Gasteiger partial charge in [-0.2, -0.15) is 0 Å². The van der Waals surface area contributed by atoms with Gasteiger partial charge in [-0.05, 0) is 19.3 Å². The van der Waals surface area contributed by atoms with E-state index in [4.69, 9.17) is 0 Å². The van der Waals surface area contributed by atoms with E-state index in [0.717, 1.165) is 13.0 Å². The molecule has 0 fully saturated rings. The number of unbranched alkanes of at least 4 members (excludes halogenated alkanes) is 1. The number of nitrogens with one attached hydrogen (secondary N) is 1. The minimum absolute atomic E-state index is 0.0552. The summed E-state index contributed by atoms with van der Waals surface area (Å²) in [5.74, 6) is 0. The first-order chi connectivity index (χ1) is 7.11. The maximum Gasteiger partial charge on any atom is 0.0496 e. The molecule has 15 heavy (non-hydrogen) atoms. The third-order valence-electron chi connectivity index (χ3n) is 3.45. The second-order valence-corrected chi connectivity index (χ2v) is 4.95. The van der Waals surface area contributed by atoms with Crippen molar-refractivity contribution in [3.8, 4) is 0 Å². The Morgan fingerprint density at radius 3 is 2.33 bits per heavy atom. The minimum atomic E-state index is 0.0552. The summed E-state index contributed by atoms with van der Waals surface area (Å²) in [5, 5.41) is 12.9. The molecule has 0 aromatic heterocycles. The molecule has 0 rings (SSSR count). The Balaban J connectivity index is 3.87. The zero-order chi connectivity index (χ0) is 11.7. The van der Waals surface area contributed by atoms with E-state index in [0.29, 0.717) is 6.04 Å². The van der Waals surface area contributed by atoms with Crippen LogP contribution in [0.5, 0.6) is 0 Å². The Hall–Kier alpha value is -0.0800. The molecule has 0 bridgehead atoms. The molecular formula is C13H29NO. The largest absolute Gasteiger partial charge is 0.396 e. The van der Waals surface area contributed by atoms with Gasteiger partial charge in [0.05, 0.1) is 0 Å². The maximum atomic E-state index is 9.31. The highest BCUT2D eigenvalue weighted by Crippen LogP contribution is 2.19. The number of hydrogen-bond acceptors (Lipinski definition) is 2. The molecule has 2 nitrogen and oxygen atoms in total. The lowest BCUT2D eigenvalue weighted by Gasteiger charge is -2.29. The van der Waals surface area contributed by atoms with Gasteiger partial charge in [0.1, 0.15) is 0 Å². The fourth-order valence-corrected chi connectivity index (χ4v) is 1.58. The van der Waals surface area contributed by atoms with Gasteiger partial charge in [0.2, 0.25) is 0 Å². The molecule has 0 spiro atoms. The lowest BCUT2D eigenvalue weighted by Crippen LogP contribution is -2.39. The molecule has 0 saturated carbocycles. The summed E-state index contributed by atoms with van der Waals surface area (Å²) in [6.07, 6.45) is 6.04. The zero-order valence-electron chi connectivity index (χ0n) is 11.0. The summed E-state index contributed by atoms with van der Waals surface area (Å²) in [5.41, 5.74) is 0.0552. The molecule has 2 unspecified atom stereocenters. The predicted molar refractivity (Wildman–Crippen MR) is 67.1 cm³/mol. The van der Waals surface area contributed by atoms with Crippen molar-refractivity contribution in [1.82, 2.24) is 5.32 Å². The number of aliphatic hydroxyl groups excluding tert-OH is 1. The molecule has 0 heterocycles. The molecule has 0 aliphatic heterocycles. The van der Waals surface area contributed by atoms with Crippen LogP contribution in [-0.2, 0) is 0 Å². The van der Waals surface area contributed by atoms with Crippen molar-refractivity contribution in [2.75, 3.05) is 13.2 Å². The summed E-state index contributed by atoms with van der Waals surface area (Å²) in [4.78, 5) is 0. The predicted octanol–water partition coefficient (Wildman–Crippen LogP) is 2.95. The van der Waals surface area contributed by atoms with Crippen LogP contribution in [0.25, 0.3) is 0 Å². The van der Waals surface area contributed by atoms with Gasteiger partial charge >= 0.3 is 0 Å². The van der Waals surface area contributed by atoms with Crippen LogP contribution < -0.4 is 5.32 Å². The van der Waals surface area contributed by atoms with Gasteiger partial charge in [-0.1, -0.05) is 40.5 Å². The third-order valence-corrected chi connectivity index (χ3v) is 3.45. The first-order valence-electron chi connectivity index (χ1n) is 6.46. The van der Waals surface area contributed by atoms with Gasteiger partial charge in [0.15, 0.2) is 0 Å². The van der Waals surface area contributed by atoms with Gasteiger partial charge in [0.25, 0.3) is 0 Å². The van der Waals surface area contributed by atoms with Crippen LogP contribution >= 0.6 is 0 Å². The third kappa shape index (κ3) is 6.16. The summed E-state index contributed by atoms with van der Waals surface area (Å²) < 4.78 is 0. The molecule has 92 valence electrons. The lowest BCUT2D eigenvalue weighted by atomic mass is 9.88. The van der Waals surface area contributed by atoms with Crippen LogP contribution in [0.4, 0.5) is 0 Å². The van der Waals surface area contributed by atoms with Crippen LogP contribution in [0.1, 0.15) is 59.8 Å². The quantitative estimate of drug-likeness (QED) is 0.620. The van der Waals surface area contributed by atoms with E-state index in [-0.39, 0.29) is 12.0 Å². The molecule has 0 aliphatic carbocycles. The van der Waals surface area contributed by atoms with Gasteiger partial charge < -0.3 is 10.4 Å². The SMILES string of the molecule is CCCCC(CC)NCC(C)(CC)CO. The van der Waals surface area contributed by atoms with E-state index in [1.807, 2.05) is 0 Å². The number of aliphatic hydroxyl groups is 1. The first-order valence-corrected chi connectivity index (χ1v) is 6.46. The van der Waals surface area contributed by atoms with E-state index >= 15 is 0 Å². The lowest BCUT2D eigenvalue weighted by molar-refractivity contribution is 0.130. The van der Waals surface area contributed by atoms with Crippen LogP contribution in [0.3, 0.4) is 0 Å². The highest BCUT2D eigenvalue weighted by Gasteiger charge is 2.21. The minimum Gasteiger partial charge on any atom is -0.396 e. The van der Waals surface area contributed by atoms with Crippen molar-refractivity contribution < 1.29 is 5.11 Å². The summed E-state index contributed by atoms with van der Waals surface area (Å²) >= 11 is 0. The Labute approximate surface area is 95.5 Å². The fraction of sp³-hybridized carbons (Fsp3) is 1.00. The molecule has 0 aliphatic rings. The van der Waals surface area contributed by atoms with Gasteiger partial charge in [-0.25, -0.2) is 0 Å². The number of rotatable bonds is 9. The number of hydrogen-bond donors (Lipinski definition) is 2. The van der Waals surface area contributed by atoms with Gasteiger partial charge in [0, 0.05) is 24.6 Å². The highest BCUT2D eigenvalue weighted by molar-refractivity contribution is 4.77. The molecular weight excluding hydrogens is 186 g/mol. The van der Waals surface area contributed by atoms with Crippen molar-refractivity contribution in [1.29, 1.82) is 0 Å². The van der Waals surface area contributed by atoms with Crippen molar-refractivity contribution in [2.45, 2.75) is 65.8 Å². The highest BCUT2D eigenvalue weighted by atomic mass is 16.3. The average molecular weight is 215 g/mol. The summed E-state index contributed by atoms with van der Waals surface area (Å²) in [7, 11) is 0. The summed E-state index contributed by atoms with van der Waals surface area (Å²) in [6.45, 7) is 9.96. The van der Waals surface area contributed by atoms with E-state index in [2.05, 4.69) is 33.0 Å².